The summed E-state index contributed by atoms with van der Waals surface area (Å²) in [7, 11) is 0. The van der Waals surface area contributed by atoms with Crippen molar-refractivity contribution < 1.29 is 8.83 Å². The zero-order valence-electron chi connectivity index (χ0n) is 43.3. The van der Waals surface area contributed by atoms with Crippen molar-refractivity contribution in [3.8, 4) is 22.3 Å². The van der Waals surface area contributed by atoms with E-state index >= 15 is 0 Å². The van der Waals surface area contributed by atoms with Gasteiger partial charge in [-0.3, -0.25) is 0 Å². The Morgan fingerprint density at radius 3 is 1.38 bits per heavy atom. The first-order valence-corrected chi connectivity index (χ1v) is 26.4. The maximum atomic E-state index is 6.82. The van der Waals surface area contributed by atoms with Crippen LogP contribution in [-0.4, -0.2) is 0 Å². The van der Waals surface area contributed by atoms with Crippen molar-refractivity contribution >= 4 is 88.8 Å². The number of benzene rings is 10. The van der Waals surface area contributed by atoms with Gasteiger partial charge >= 0.3 is 0 Å². The Bertz CT molecular complexity index is 4260. The zero-order chi connectivity index (χ0) is 50.4. The molecule has 14 rings (SSSR count). The lowest BCUT2D eigenvalue weighted by Gasteiger charge is -2.30. The van der Waals surface area contributed by atoms with Crippen molar-refractivity contribution in [2.45, 2.75) is 78.1 Å². The monoisotopic (exact) mass is 958 g/mol. The number of furan rings is 2. The van der Waals surface area contributed by atoms with Crippen molar-refractivity contribution in [1.82, 2.24) is 0 Å². The highest BCUT2D eigenvalue weighted by molar-refractivity contribution is 6.15. The fourth-order valence-corrected chi connectivity index (χ4v) is 12.8. The summed E-state index contributed by atoms with van der Waals surface area (Å²) < 4.78 is 13.6. The van der Waals surface area contributed by atoms with Gasteiger partial charge in [0, 0.05) is 54.8 Å². The van der Waals surface area contributed by atoms with Crippen LogP contribution in [0.25, 0.3) is 76.9 Å². The van der Waals surface area contributed by atoms with Gasteiger partial charge in [0.05, 0.1) is 17.1 Å². The zero-order valence-corrected chi connectivity index (χ0v) is 43.3. The molecule has 0 atom stereocenters. The molecule has 4 nitrogen and oxygen atoms in total. The molecule has 0 fully saturated rings. The second-order valence-corrected chi connectivity index (χ2v) is 22.5. The van der Waals surface area contributed by atoms with Crippen LogP contribution < -0.4 is 9.80 Å². The minimum absolute atomic E-state index is 0.281. The Morgan fingerprint density at radius 1 is 0.338 bits per heavy atom. The SMILES string of the molecule is CC(C)c1ccc(N(c2ccc3c(c2)C(C)(C)c2cc4c(cc2-3)-c2c(cc(N(c3ccc(C(C)C)cc3)c3cccc5c3oc3ccccc35)c3ccccc23)C4(C)C)c2cccc3c2oc2ccccc23)cc1. The van der Waals surface area contributed by atoms with E-state index in [1.165, 1.54) is 66.4 Å². The Morgan fingerprint density at radius 2 is 0.797 bits per heavy atom. The Labute approximate surface area is 433 Å². The largest absolute Gasteiger partial charge is 0.454 e. The summed E-state index contributed by atoms with van der Waals surface area (Å²) in [4.78, 5) is 4.85. The van der Waals surface area contributed by atoms with Gasteiger partial charge in [-0.1, -0.05) is 177 Å². The summed E-state index contributed by atoms with van der Waals surface area (Å²) in [6.07, 6.45) is 0. The van der Waals surface area contributed by atoms with Crippen molar-refractivity contribution in [3.05, 3.63) is 228 Å². The molecule has 360 valence electrons. The van der Waals surface area contributed by atoms with Crippen LogP contribution in [0.2, 0.25) is 0 Å². The normalized spacial score (nSPS) is 14.1. The minimum atomic E-state index is -0.308. The quantitative estimate of drug-likeness (QED) is 0.152. The highest BCUT2D eigenvalue weighted by atomic mass is 16.3. The number of nitrogens with zero attached hydrogens (tertiary/aromatic N) is 2. The molecule has 0 radical (unpaired) electrons. The molecule has 0 saturated carbocycles. The molecule has 12 aromatic rings. The molecule has 2 aliphatic carbocycles. The number of anilines is 6. The van der Waals surface area contributed by atoms with E-state index in [9.17, 15) is 0 Å². The van der Waals surface area contributed by atoms with Crippen LogP contribution in [0.1, 0.15) is 101 Å². The van der Waals surface area contributed by atoms with Crippen molar-refractivity contribution in [2.24, 2.45) is 0 Å². The summed E-state index contributed by atoms with van der Waals surface area (Å²) in [5, 5.41) is 6.92. The molecule has 0 amide bonds. The van der Waals surface area contributed by atoms with Crippen LogP contribution in [0.3, 0.4) is 0 Å². The minimum Gasteiger partial charge on any atom is -0.454 e. The molecule has 4 heteroatoms. The summed E-state index contributed by atoms with van der Waals surface area (Å²) in [6.45, 7) is 18.7. The third kappa shape index (κ3) is 6.40. The molecule has 0 aliphatic heterocycles. The van der Waals surface area contributed by atoms with Gasteiger partial charge in [-0.05, 0) is 146 Å². The maximum absolute atomic E-state index is 6.82. The molecular weight excluding hydrogens is 901 g/mol. The number of hydrogen-bond donors (Lipinski definition) is 0. The maximum Gasteiger partial charge on any atom is 0.159 e. The predicted octanol–water partition coefficient (Wildman–Crippen LogP) is 20.4. The number of fused-ring (bicyclic) bond motifs is 14. The third-order valence-corrected chi connectivity index (χ3v) is 16.8. The summed E-state index contributed by atoms with van der Waals surface area (Å²) in [6, 6.07) is 71.9. The lowest BCUT2D eigenvalue weighted by atomic mass is 9.77. The van der Waals surface area contributed by atoms with Crippen LogP contribution in [0.4, 0.5) is 34.1 Å². The average molecular weight is 959 g/mol. The third-order valence-electron chi connectivity index (χ3n) is 16.8. The standard InChI is InChI=1S/C70H58N2O2/c1-41(2)43-27-31-45(32-28-43)71(61-23-15-21-53-50-18-11-13-25-64(50)73-67(53)61)47-35-36-48-55-38-56-59(39-58(55)69(5,6)57(48)37-47)70(7,8)60-40-63(49-17-9-10-20-52(49)66(56)60)72(46-33-29-44(30-34-46)42(3)4)62-24-16-22-54-51-19-12-14-26-65(51)74-68(54)62/h9-42H,1-8H3. The van der Waals surface area contributed by atoms with Crippen molar-refractivity contribution in [3.63, 3.8) is 0 Å². The van der Waals surface area contributed by atoms with E-state index in [0.717, 1.165) is 78.0 Å². The summed E-state index contributed by atoms with van der Waals surface area (Å²) in [5.41, 5.74) is 22.7. The molecule has 2 aliphatic rings. The molecule has 74 heavy (non-hydrogen) atoms. The van der Waals surface area contributed by atoms with Crippen LogP contribution in [-0.2, 0) is 10.8 Å². The van der Waals surface area contributed by atoms with E-state index in [1.54, 1.807) is 0 Å². The predicted molar refractivity (Wildman–Crippen MR) is 311 cm³/mol. The smallest absolute Gasteiger partial charge is 0.159 e. The number of para-hydroxylation sites is 4. The van der Waals surface area contributed by atoms with Gasteiger partial charge in [0.25, 0.3) is 0 Å². The van der Waals surface area contributed by atoms with Gasteiger partial charge in [0.2, 0.25) is 0 Å². The van der Waals surface area contributed by atoms with Crippen LogP contribution >= 0.6 is 0 Å². The van der Waals surface area contributed by atoms with Gasteiger partial charge in [-0.2, -0.15) is 0 Å². The fourth-order valence-electron chi connectivity index (χ4n) is 12.8. The molecule has 10 aromatic carbocycles. The van der Waals surface area contributed by atoms with E-state index in [4.69, 9.17) is 8.83 Å². The van der Waals surface area contributed by atoms with E-state index in [2.05, 4.69) is 259 Å². The van der Waals surface area contributed by atoms with Gasteiger partial charge < -0.3 is 18.6 Å². The Hall–Kier alpha value is -8.34. The van der Waals surface area contributed by atoms with E-state index in [-0.39, 0.29) is 10.8 Å². The summed E-state index contributed by atoms with van der Waals surface area (Å²) in [5.74, 6) is 0.851. The first-order chi connectivity index (χ1) is 35.9. The molecule has 0 bridgehead atoms. The van der Waals surface area contributed by atoms with Crippen LogP contribution in [0, 0.1) is 0 Å². The van der Waals surface area contributed by atoms with Crippen LogP contribution in [0.15, 0.2) is 203 Å². The average Bonchev–Trinajstić information content (AvgIpc) is 4.12. The van der Waals surface area contributed by atoms with Crippen molar-refractivity contribution in [2.75, 3.05) is 9.80 Å². The highest BCUT2D eigenvalue weighted by Crippen LogP contribution is 2.60. The molecular formula is C70H58N2O2. The lowest BCUT2D eigenvalue weighted by molar-refractivity contribution is 0.639. The van der Waals surface area contributed by atoms with Crippen molar-refractivity contribution in [1.29, 1.82) is 0 Å². The Kier molecular flexibility index (Phi) is 9.64. The molecule has 0 saturated heterocycles. The molecule has 2 aromatic heterocycles. The fraction of sp³-hybridized carbons (Fsp3) is 0.171. The van der Waals surface area contributed by atoms with Gasteiger partial charge in [-0.15, -0.1) is 0 Å². The highest BCUT2D eigenvalue weighted by Gasteiger charge is 2.43. The molecule has 2 heterocycles. The van der Waals surface area contributed by atoms with Gasteiger partial charge in [0.15, 0.2) is 11.2 Å². The topological polar surface area (TPSA) is 32.8 Å². The second kappa shape index (κ2) is 16.1. The first-order valence-electron chi connectivity index (χ1n) is 26.4. The number of rotatable bonds is 8. The van der Waals surface area contributed by atoms with E-state index < -0.39 is 0 Å². The molecule has 0 N–H and O–H groups in total. The van der Waals surface area contributed by atoms with Gasteiger partial charge in [0.1, 0.15) is 11.2 Å². The second-order valence-electron chi connectivity index (χ2n) is 22.5. The lowest BCUT2D eigenvalue weighted by Crippen LogP contribution is -2.20. The van der Waals surface area contributed by atoms with E-state index in [0.29, 0.717) is 11.8 Å². The van der Waals surface area contributed by atoms with Crippen LogP contribution in [0.5, 0.6) is 0 Å². The van der Waals surface area contributed by atoms with Gasteiger partial charge in [-0.25, -0.2) is 0 Å². The van der Waals surface area contributed by atoms with E-state index in [1.807, 2.05) is 0 Å². The summed E-state index contributed by atoms with van der Waals surface area (Å²) >= 11 is 0. The molecule has 0 spiro atoms. The first kappa shape index (κ1) is 44.4. The Balaban J connectivity index is 0.944. The number of hydrogen-bond acceptors (Lipinski definition) is 4. The molecule has 0 unspecified atom stereocenters.